The quantitative estimate of drug-likeness (QED) is 0.783. The maximum absolute atomic E-state index is 12.5. The minimum atomic E-state index is -0.960. The largest absolute Gasteiger partial charge is 0.481 e. The second-order valence-corrected chi connectivity index (χ2v) is 6.62. The third-order valence-electron chi connectivity index (χ3n) is 4.04. The van der Waals surface area contributed by atoms with E-state index in [0.29, 0.717) is 25.9 Å². The maximum Gasteiger partial charge on any atom is 0.320 e. The lowest BCUT2D eigenvalue weighted by molar-refractivity contribution is -0.148. The highest BCUT2D eigenvalue weighted by molar-refractivity contribution is 5.79. The van der Waals surface area contributed by atoms with E-state index in [1.165, 1.54) is 0 Å². The average Bonchev–Trinajstić information content (AvgIpc) is 2.80. The van der Waals surface area contributed by atoms with Crippen molar-refractivity contribution in [3.8, 4) is 0 Å². The predicted octanol–water partition coefficient (Wildman–Crippen LogP) is 1.78. The molecule has 0 radical (unpaired) electrons. The van der Waals surface area contributed by atoms with Gasteiger partial charge in [-0.1, -0.05) is 13.3 Å². The molecule has 1 atom stereocenters. The molecule has 1 saturated heterocycles. The summed E-state index contributed by atoms with van der Waals surface area (Å²) >= 11 is 0. The van der Waals surface area contributed by atoms with Gasteiger partial charge in [0.05, 0.1) is 17.6 Å². The molecule has 6 nitrogen and oxygen atoms in total. The van der Waals surface area contributed by atoms with Gasteiger partial charge in [0.15, 0.2) is 0 Å². The number of rotatable bonds is 6. The van der Waals surface area contributed by atoms with Crippen molar-refractivity contribution in [3.63, 3.8) is 0 Å². The smallest absolute Gasteiger partial charge is 0.320 e. The summed E-state index contributed by atoms with van der Waals surface area (Å²) in [5.74, 6) is -0.815. The Bertz CT molecular complexity index is 392. The molecule has 6 heteroatoms. The van der Waals surface area contributed by atoms with Crippen molar-refractivity contribution >= 4 is 12.0 Å². The van der Waals surface area contributed by atoms with E-state index in [-0.39, 0.29) is 19.1 Å². The summed E-state index contributed by atoms with van der Waals surface area (Å²) in [6.07, 6.45) is 1.88. The summed E-state index contributed by atoms with van der Waals surface area (Å²) in [5.41, 5.74) is -1.77. The fraction of sp³-hybridized carbons (Fsp3) is 0.867. The Morgan fingerprint density at radius 3 is 2.38 bits per heavy atom. The summed E-state index contributed by atoms with van der Waals surface area (Å²) in [5, 5.41) is 19.4. The van der Waals surface area contributed by atoms with Gasteiger partial charge in [-0.3, -0.25) is 4.79 Å². The number of likely N-dealkylation sites (N-methyl/N-ethyl adjacent to an activating group) is 1. The summed E-state index contributed by atoms with van der Waals surface area (Å²) in [4.78, 5) is 27.3. The summed E-state index contributed by atoms with van der Waals surface area (Å²) < 4.78 is 0. The highest BCUT2D eigenvalue weighted by Gasteiger charge is 2.46. The van der Waals surface area contributed by atoms with Crippen LogP contribution in [0.15, 0.2) is 0 Å². The number of carboxylic acid groups (broad SMARTS) is 1. The van der Waals surface area contributed by atoms with Crippen LogP contribution in [0, 0.1) is 5.41 Å². The number of hydrogen-bond acceptors (Lipinski definition) is 3. The minimum Gasteiger partial charge on any atom is -0.481 e. The zero-order valence-corrected chi connectivity index (χ0v) is 13.6. The van der Waals surface area contributed by atoms with Crippen molar-refractivity contribution in [1.29, 1.82) is 0 Å². The van der Waals surface area contributed by atoms with Gasteiger partial charge in [0.25, 0.3) is 0 Å². The topological polar surface area (TPSA) is 81.1 Å². The van der Waals surface area contributed by atoms with Crippen LogP contribution in [0.5, 0.6) is 0 Å². The van der Waals surface area contributed by atoms with Gasteiger partial charge in [0, 0.05) is 19.6 Å². The number of carbonyl (C=O) groups excluding carboxylic acids is 1. The molecule has 122 valence electrons. The monoisotopic (exact) mass is 300 g/mol. The van der Waals surface area contributed by atoms with Gasteiger partial charge in [0.1, 0.15) is 0 Å². The van der Waals surface area contributed by atoms with Crippen LogP contribution < -0.4 is 0 Å². The predicted molar refractivity (Wildman–Crippen MR) is 80.1 cm³/mol. The number of aliphatic carboxylic acids is 1. The van der Waals surface area contributed by atoms with Crippen molar-refractivity contribution in [2.45, 2.75) is 52.6 Å². The summed E-state index contributed by atoms with van der Waals surface area (Å²) in [7, 11) is 0. The second-order valence-electron chi connectivity index (χ2n) is 6.62. The lowest BCUT2D eigenvalue weighted by atomic mass is 9.83. The Kier molecular flexibility index (Phi) is 5.61. The molecule has 0 saturated carbocycles. The van der Waals surface area contributed by atoms with Crippen molar-refractivity contribution in [3.05, 3.63) is 0 Å². The third-order valence-corrected chi connectivity index (χ3v) is 4.04. The van der Waals surface area contributed by atoms with Crippen molar-refractivity contribution in [1.82, 2.24) is 9.80 Å². The van der Waals surface area contributed by atoms with Gasteiger partial charge in [-0.05, 0) is 33.6 Å². The van der Waals surface area contributed by atoms with Gasteiger partial charge in [-0.15, -0.1) is 0 Å². The van der Waals surface area contributed by atoms with Crippen LogP contribution in [0.4, 0.5) is 4.79 Å². The van der Waals surface area contributed by atoms with Crippen LogP contribution in [0.3, 0.4) is 0 Å². The first-order chi connectivity index (χ1) is 9.65. The molecule has 1 fully saturated rings. The van der Waals surface area contributed by atoms with E-state index < -0.39 is 17.0 Å². The number of carbonyl (C=O) groups is 2. The number of amides is 2. The van der Waals surface area contributed by atoms with E-state index in [9.17, 15) is 19.8 Å². The zero-order chi connectivity index (χ0) is 16.3. The highest BCUT2D eigenvalue weighted by atomic mass is 16.4. The number of aliphatic hydroxyl groups is 1. The van der Waals surface area contributed by atoms with Crippen molar-refractivity contribution < 1.29 is 19.8 Å². The van der Waals surface area contributed by atoms with Crippen molar-refractivity contribution in [2.24, 2.45) is 5.41 Å². The van der Waals surface area contributed by atoms with Crippen LogP contribution in [0.2, 0.25) is 0 Å². The van der Waals surface area contributed by atoms with E-state index in [4.69, 9.17) is 0 Å². The Labute approximate surface area is 126 Å². The van der Waals surface area contributed by atoms with Crippen LogP contribution in [-0.4, -0.2) is 63.8 Å². The number of urea groups is 1. The van der Waals surface area contributed by atoms with Crippen LogP contribution >= 0.6 is 0 Å². The SMILES string of the molecule is CCCC1(C(=O)O)CCN(C(=O)N(CC)CC(C)(C)O)C1. The second kappa shape index (κ2) is 6.64. The van der Waals surface area contributed by atoms with Crippen LogP contribution in [-0.2, 0) is 4.79 Å². The molecule has 0 bridgehead atoms. The van der Waals surface area contributed by atoms with E-state index in [1.807, 2.05) is 13.8 Å². The molecule has 0 spiro atoms. The van der Waals surface area contributed by atoms with Gasteiger partial charge in [-0.2, -0.15) is 0 Å². The van der Waals surface area contributed by atoms with Gasteiger partial charge in [-0.25, -0.2) is 4.79 Å². The standard InChI is InChI=1S/C15H28N2O4/c1-5-7-15(12(18)19)8-9-17(11-15)13(20)16(6-2)10-14(3,4)21/h21H,5-11H2,1-4H3,(H,18,19). The molecule has 2 N–H and O–H groups in total. The molecular formula is C15H28N2O4. The van der Waals surface area contributed by atoms with Gasteiger partial charge >= 0.3 is 12.0 Å². The average molecular weight is 300 g/mol. The number of hydrogen-bond donors (Lipinski definition) is 2. The Morgan fingerprint density at radius 2 is 1.95 bits per heavy atom. The number of nitrogens with zero attached hydrogens (tertiary/aromatic N) is 2. The number of carboxylic acids is 1. The first-order valence-corrected chi connectivity index (χ1v) is 7.65. The Hall–Kier alpha value is -1.30. The molecule has 0 aliphatic carbocycles. The molecule has 1 aliphatic heterocycles. The van der Waals surface area contributed by atoms with Gasteiger partial charge in [0.2, 0.25) is 0 Å². The molecular weight excluding hydrogens is 272 g/mol. The van der Waals surface area contributed by atoms with E-state index in [2.05, 4.69) is 0 Å². The molecule has 2 amide bonds. The molecule has 0 aromatic heterocycles. The molecule has 0 aromatic rings. The first kappa shape index (κ1) is 17.8. The van der Waals surface area contributed by atoms with Crippen LogP contribution in [0.25, 0.3) is 0 Å². The fourth-order valence-electron chi connectivity index (χ4n) is 2.98. The van der Waals surface area contributed by atoms with E-state index >= 15 is 0 Å². The molecule has 0 aromatic carbocycles. The lowest BCUT2D eigenvalue weighted by Gasteiger charge is -2.32. The van der Waals surface area contributed by atoms with Gasteiger partial charge < -0.3 is 20.0 Å². The van der Waals surface area contributed by atoms with E-state index in [0.717, 1.165) is 6.42 Å². The normalized spacial score (nSPS) is 22.4. The minimum absolute atomic E-state index is 0.182. The van der Waals surface area contributed by atoms with Crippen molar-refractivity contribution in [2.75, 3.05) is 26.2 Å². The third kappa shape index (κ3) is 4.33. The molecule has 1 heterocycles. The van der Waals surface area contributed by atoms with Crippen LogP contribution in [0.1, 0.15) is 47.0 Å². The Balaban J connectivity index is 2.78. The first-order valence-electron chi connectivity index (χ1n) is 7.65. The molecule has 1 rings (SSSR count). The van der Waals surface area contributed by atoms with E-state index in [1.54, 1.807) is 23.6 Å². The molecule has 21 heavy (non-hydrogen) atoms. The lowest BCUT2D eigenvalue weighted by Crippen LogP contribution is -2.48. The summed E-state index contributed by atoms with van der Waals surface area (Å²) in [6.45, 7) is 8.60. The maximum atomic E-state index is 12.5. The Morgan fingerprint density at radius 1 is 1.33 bits per heavy atom. The summed E-state index contributed by atoms with van der Waals surface area (Å²) in [6, 6.07) is -0.182. The molecule has 1 unspecified atom stereocenters. The fourth-order valence-corrected chi connectivity index (χ4v) is 2.98. The molecule has 1 aliphatic rings. The highest BCUT2D eigenvalue weighted by Crippen LogP contribution is 2.36. The zero-order valence-electron chi connectivity index (χ0n) is 13.6. The number of likely N-dealkylation sites (tertiary alicyclic amines) is 1.